The number of hydrogen-bond acceptors (Lipinski definition) is 7. The van der Waals surface area contributed by atoms with E-state index >= 15 is 0 Å². The molecule has 1 N–H and O–H groups in total. The topological polar surface area (TPSA) is 103 Å². The van der Waals surface area contributed by atoms with Crippen LogP contribution in [0.2, 0.25) is 0 Å². The van der Waals surface area contributed by atoms with Crippen molar-refractivity contribution in [2.75, 3.05) is 23.4 Å². The van der Waals surface area contributed by atoms with Crippen LogP contribution in [0.1, 0.15) is 40.9 Å². The summed E-state index contributed by atoms with van der Waals surface area (Å²) in [4.78, 5) is 35.9. The number of ketones is 1. The minimum Gasteiger partial charge on any atom is -0.457 e. The summed E-state index contributed by atoms with van der Waals surface area (Å²) in [5, 5.41) is 6.22. The molecular formula is C19H25N3O5S. The molecule has 0 saturated heterocycles. The quantitative estimate of drug-likeness (QED) is 0.477. The minimum absolute atomic E-state index is 0.0204. The monoisotopic (exact) mass is 407 g/mol. The van der Waals surface area contributed by atoms with E-state index in [1.54, 1.807) is 13.0 Å². The Morgan fingerprint density at radius 1 is 1.21 bits per heavy atom. The second-order valence-electron chi connectivity index (χ2n) is 6.38. The van der Waals surface area contributed by atoms with Gasteiger partial charge in [0, 0.05) is 29.6 Å². The zero-order chi connectivity index (χ0) is 20.7. The van der Waals surface area contributed by atoms with E-state index in [1.807, 2.05) is 19.9 Å². The first-order valence-electron chi connectivity index (χ1n) is 8.98. The second kappa shape index (κ2) is 10.1. The van der Waals surface area contributed by atoms with Crippen molar-refractivity contribution in [3.05, 3.63) is 34.8 Å². The lowest BCUT2D eigenvalue weighted by molar-refractivity contribution is -0.139. The molecule has 2 rings (SSSR count). The van der Waals surface area contributed by atoms with Crippen LogP contribution in [0.15, 0.2) is 16.7 Å². The normalized spacial score (nSPS) is 10.7. The molecule has 0 saturated carbocycles. The molecule has 0 atom stereocenters. The van der Waals surface area contributed by atoms with Crippen LogP contribution in [-0.4, -0.2) is 45.5 Å². The molecule has 0 aliphatic heterocycles. The third-order valence-corrected chi connectivity index (χ3v) is 4.94. The molecule has 28 heavy (non-hydrogen) atoms. The van der Waals surface area contributed by atoms with Crippen molar-refractivity contribution >= 4 is 35.2 Å². The number of ether oxygens (including phenoxy) is 1. The van der Waals surface area contributed by atoms with E-state index in [0.29, 0.717) is 17.1 Å². The molecule has 0 radical (unpaired) electrons. The highest BCUT2D eigenvalue weighted by Crippen LogP contribution is 2.16. The number of rotatable bonds is 10. The Morgan fingerprint density at radius 2 is 1.96 bits per heavy atom. The van der Waals surface area contributed by atoms with Crippen molar-refractivity contribution < 1.29 is 23.6 Å². The van der Waals surface area contributed by atoms with Crippen molar-refractivity contribution in [3.63, 3.8) is 0 Å². The van der Waals surface area contributed by atoms with E-state index in [4.69, 9.17) is 9.26 Å². The molecule has 2 aromatic heterocycles. The molecule has 0 aromatic carbocycles. The van der Waals surface area contributed by atoms with Crippen LogP contribution >= 0.6 is 11.8 Å². The lowest BCUT2D eigenvalue weighted by Gasteiger charge is -2.08. The molecular weight excluding hydrogens is 382 g/mol. The van der Waals surface area contributed by atoms with Gasteiger partial charge in [-0.2, -0.15) is 0 Å². The number of thioether (sulfide) groups is 1. The summed E-state index contributed by atoms with van der Waals surface area (Å²) >= 11 is 1.10. The first-order chi connectivity index (χ1) is 13.3. The fourth-order valence-electron chi connectivity index (χ4n) is 2.75. The highest BCUT2D eigenvalue weighted by Gasteiger charge is 2.17. The number of nitrogens with zero attached hydrogens (tertiary/aromatic N) is 2. The van der Waals surface area contributed by atoms with Gasteiger partial charge in [-0.05, 0) is 33.3 Å². The number of aromatic nitrogens is 2. The number of hydrogen-bond donors (Lipinski definition) is 1. The Hall–Kier alpha value is -2.55. The van der Waals surface area contributed by atoms with Gasteiger partial charge in [-0.1, -0.05) is 12.1 Å². The molecule has 2 heterocycles. The first kappa shape index (κ1) is 21.7. The summed E-state index contributed by atoms with van der Waals surface area (Å²) in [6, 6.07) is 3.42. The molecule has 0 spiro atoms. The van der Waals surface area contributed by atoms with Gasteiger partial charge in [0.25, 0.3) is 0 Å². The van der Waals surface area contributed by atoms with Gasteiger partial charge in [-0.15, -0.1) is 11.8 Å². The van der Waals surface area contributed by atoms with Crippen LogP contribution < -0.4 is 5.32 Å². The number of esters is 1. The van der Waals surface area contributed by atoms with Crippen molar-refractivity contribution in [2.45, 2.75) is 40.7 Å². The van der Waals surface area contributed by atoms with Crippen molar-refractivity contribution in [1.29, 1.82) is 0 Å². The van der Waals surface area contributed by atoms with Crippen molar-refractivity contribution in [1.82, 2.24) is 9.72 Å². The van der Waals surface area contributed by atoms with Crippen molar-refractivity contribution in [3.8, 4) is 0 Å². The van der Waals surface area contributed by atoms with E-state index in [0.717, 1.165) is 36.1 Å². The van der Waals surface area contributed by atoms with Crippen LogP contribution in [0.3, 0.4) is 0 Å². The summed E-state index contributed by atoms with van der Waals surface area (Å²) in [6.45, 7) is 8.18. The first-order valence-corrected chi connectivity index (χ1v) is 10.1. The molecule has 0 fully saturated rings. The summed E-state index contributed by atoms with van der Waals surface area (Å²) < 4.78 is 12.0. The predicted molar refractivity (Wildman–Crippen MR) is 107 cm³/mol. The van der Waals surface area contributed by atoms with Gasteiger partial charge in [0.2, 0.25) is 11.7 Å². The average Bonchev–Trinajstić information content (AvgIpc) is 3.17. The van der Waals surface area contributed by atoms with Crippen LogP contribution in [0, 0.1) is 20.8 Å². The Labute approximate surface area is 168 Å². The Kier molecular flexibility index (Phi) is 7.86. The molecule has 8 nitrogen and oxygen atoms in total. The molecule has 9 heteroatoms. The fraction of sp³-hybridized carbons (Fsp3) is 0.474. The number of aryl methyl sites for hydroxylation is 2. The molecule has 0 aliphatic rings. The van der Waals surface area contributed by atoms with Crippen LogP contribution in [-0.2, 0) is 20.9 Å². The average molecular weight is 407 g/mol. The molecule has 0 aliphatic carbocycles. The summed E-state index contributed by atoms with van der Waals surface area (Å²) in [6.07, 6.45) is 0.972. The third kappa shape index (κ3) is 5.98. The standard InChI is InChI=1S/C19H25N3O5S/c1-5-6-22-12(2)7-15(14(22)4)16(23)9-26-19(25)11-28-10-18(24)20-17-8-13(3)27-21-17/h7-8H,5-6,9-11H2,1-4H3,(H,20,21,24). The van der Waals surface area contributed by atoms with E-state index in [1.165, 1.54) is 0 Å². The highest BCUT2D eigenvalue weighted by atomic mass is 32.2. The van der Waals surface area contributed by atoms with E-state index in [9.17, 15) is 14.4 Å². The number of carbonyl (C=O) groups excluding carboxylic acids is 3. The summed E-state index contributed by atoms with van der Waals surface area (Å²) in [7, 11) is 0. The Balaban J connectivity index is 1.72. The van der Waals surface area contributed by atoms with Gasteiger partial charge in [0.15, 0.2) is 12.4 Å². The predicted octanol–water partition coefficient (Wildman–Crippen LogP) is 2.91. The zero-order valence-corrected chi connectivity index (χ0v) is 17.4. The fourth-order valence-corrected chi connectivity index (χ4v) is 3.36. The largest absolute Gasteiger partial charge is 0.457 e. The maximum absolute atomic E-state index is 12.3. The van der Waals surface area contributed by atoms with Gasteiger partial charge >= 0.3 is 5.97 Å². The van der Waals surface area contributed by atoms with E-state index in [2.05, 4.69) is 22.0 Å². The molecule has 0 bridgehead atoms. The number of anilines is 1. The number of nitrogens with one attached hydrogen (secondary N) is 1. The highest BCUT2D eigenvalue weighted by molar-refractivity contribution is 8.00. The van der Waals surface area contributed by atoms with Gasteiger partial charge < -0.3 is 19.1 Å². The number of amides is 1. The van der Waals surface area contributed by atoms with Crippen LogP contribution in [0.25, 0.3) is 0 Å². The van der Waals surface area contributed by atoms with Gasteiger partial charge in [-0.3, -0.25) is 14.4 Å². The maximum atomic E-state index is 12.3. The summed E-state index contributed by atoms with van der Waals surface area (Å²) in [5.41, 5.74) is 2.47. The number of Topliss-reactive ketones (excluding diaryl/α,β-unsaturated/α-hetero) is 1. The third-order valence-electron chi connectivity index (χ3n) is 4.03. The lowest BCUT2D eigenvalue weighted by atomic mass is 10.1. The smallest absolute Gasteiger partial charge is 0.316 e. The minimum atomic E-state index is -0.536. The SMILES string of the molecule is CCCn1c(C)cc(C(=O)COC(=O)CSCC(=O)Nc2cc(C)on2)c1C. The van der Waals surface area contributed by atoms with Gasteiger partial charge in [-0.25, -0.2) is 0 Å². The number of carbonyl (C=O) groups is 3. The Bertz CT molecular complexity index is 856. The van der Waals surface area contributed by atoms with Gasteiger partial charge in [0.1, 0.15) is 5.76 Å². The molecule has 0 unspecified atom stereocenters. The zero-order valence-electron chi connectivity index (χ0n) is 16.5. The molecule has 1 amide bonds. The lowest BCUT2D eigenvalue weighted by Crippen LogP contribution is -2.18. The maximum Gasteiger partial charge on any atom is 0.316 e. The molecule has 2 aromatic rings. The van der Waals surface area contributed by atoms with E-state index < -0.39 is 5.97 Å². The van der Waals surface area contributed by atoms with Crippen molar-refractivity contribution in [2.24, 2.45) is 0 Å². The Morgan fingerprint density at radius 3 is 2.61 bits per heavy atom. The second-order valence-corrected chi connectivity index (χ2v) is 7.37. The summed E-state index contributed by atoms with van der Waals surface area (Å²) in [5.74, 6) is -0.103. The van der Waals surface area contributed by atoms with Crippen LogP contribution in [0.5, 0.6) is 0 Å². The van der Waals surface area contributed by atoms with Gasteiger partial charge in [0.05, 0.1) is 11.5 Å². The van der Waals surface area contributed by atoms with E-state index in [-0.39, 0.29) is 29.8 Å². The molecule has 152 valence electrons. The van der Waals surface area contributed by atoms with Crippen LogP contribution in [0.4, 0.5) is 5.82 Å².